The lowest BCUT2D eigenvalue weighted by Crippen LogP contribution is -2.38. The SMILES string of the molecule is Cn1cnc(S(=O)(=O)N2CCCN(C(=O)CCn3cnc4ccccc4c3=O)CC2)c1. The molecule has 3 heterocycles. The van der Waals surface area contributed by atoms with E-state index in [1.807, 2.05) is 6.07 Å². The number of fused-ring (bicyclic) bond motifs is 1. The van der Waals surface area contributed by atoms with Gasteiger partial charge >= 0.3 is 0 Å². The van der Waals surface area contributed by atoms with E-state index in [-0.39, 0.29) is 36.0 Å². The standard InChI is InChI=1S/C20H24N6O4S/c1-23-13-18(22-14-23)31(29,30)26-9-4-8-24(11-12-26)19(27)7-10-25-15-21-17-6-3-2-5-16(17)20(25)28/h2-3,5-6,13-15H,4,7-12H2,1H3. The van der Waals surface area contributed by atoms with Crippen LogP contribution in [0.4, 0.5) is 0 Å². The molecule has 0 N–H and O–H groups in total. The molecule has 10 nitrogen and oxygen atoms in total. The van der Waals surface area contributed by atoms with E-state index in [4.69, 9.17) is 0 Å². The Labute approximate surface area is 179 Å². The minimum atomic E-state index is -3.69. The van der Waals surface area contributed by atoms with Gasteiger partial charge in [-0.15, -0.1) is 0 Å². The maximum Gasteiger partial charge on any atom is 0.262 e. The van der Waals surface area contributed by atoms with Crippen LogP contribution in [0.25, 0.3) is 10.9 Å². The lowest BCUT2D eigenvalue weighted by atomic mass is 10.2. The molecule has 1 saturated heterocycles. The van der Waals surface area contributed by atoms with Gasteiger partial charge in [0, 0.05) is 52.4 Å². The number of carbonyl (C=O) groups is 1. The Morgan fingerprint density at radius 3 is 2.65 bits per heavy atom. The molecule has 164 valence electrons. The van der Waals surface area contributed by atoms with Gasteiger partial charge in [0.1, 0.15) is 0 Å². The zero-order valence-corrected chi connectivity index (χ0v) is 18.0. The molecule has 0 saturated carbocycles. The molecule has 2 aromatic heterocycles. The lowest BCUT2D eigenvalue weighted by molar-refractivity contribution is -0.131. The van der Waals surface area contributed by atoms with Gasteiger partial charge in [-0.2, -0.15) is 4.31 Å². The summed E-state index contributed by atoms with van der Waals surface area (Å²) in [5.41, 5.74) is 0.443. The van der Waals surface area contributed by atoms with Gasteiger partial charge in [0.05, 0.1) is 23.6 Å². The topological polar surface area (TPSA) is 110 Å². The van der Waals surface area contributed by atoms with Crippen molar-refractivity contribution < 1.29 is 13.2 Å². The molecule has 1 fully saturated rings. The fourth-order valence-corrected chi connectivity index (χ4v) is 5.11. The van der Waals surface area contributed by atoms with Crippen molar-refractivity contribution in [3.05, 3.63) is 53.5 Å². The van der Waals surface area contributed by atoms with Gasteiger partial charge in [0.15, 0.2) is 5.03 Å². The summed E-state index contributed by atoms with van der Waals surface area (Å²) in [6.45, 7) is 1.54. The molecule has 0 unspecified atom stereocenters. The molecule has 1 aliphatic rings. The molecule has 0 aliphatic carbocycles. The number of aryl methyl sites for hydroxylation is 2. The zero-order chi connectivity index (χ0) is 22.0. The fraction of sp³-hybridized carbons (Fsp3) is 0.400. The Balaban J connectivity index is 1.39. The minimum Gasteiger partial charge on any atom is -0.341 e. The van der Waals surface area contributed by atoms with E-state index in [0.717, 1.165) is 0 Å². The Hall–Kier alpha value is -3.05. The maximum atomic E-state index is 12.8. The Morgan fingerprint density at radius 1 is 1.06 bits per heavy atom. The van der Waals surface area contributed by atoms with E-state index < -0.39 is 10.0 Å². The van der Waals surface area contributed by atoms with Gasteiger partial charge in [-0.1, -0.05) is 12.1 Å². The molecule has 1 aromatic carbocycles. The van der Waals surface area contributed by atoms with Gasteiger partial charge in [0.25, 0.3) is 15.6 Å². The second-order valence-corrected chi connectivity index (χ2v) is 9.41. The summed E-state index contributed by atoms with van der Waals surface area (Å²) in [5.74, 6) is -0.114. The number of hydrogen-bond acceptors (Lipinski definition) is 6. The van der Waals surface area contributed by atoms with Crippen LogP contribution in [-0.4, -0.2) is 68.8 Å². The van der Waals surface area contributed by atoms with Crippen molar-refractivity contribution in [1.29, 1.82) is 0 Å². The van der Waals surface area contributed by atoms with E-state index in [2.05, 4.69) is 9.97 Å². The molecular formula is C20H24N6O4S. The summed E-state index contributed by atoms with van der Waals surface area (Å²) in [7, 11) is -1.97. The predicted molar refractivity (Wildman–Crippen MR) is 114 cm³/mol. The first-order valence-electron chi connectivity index (χ1n) is 10.1. The number of carbonyl (C=O) groups excluding carboxylic acids is 1. The number of imidazole rings is 1. The smallest absolute Gasteiger partial charge is 0.262 e. The molecule has 31 heavy (non-hydrogen) atoms. The third-order valence-electron chi connectivity index (χ3n) is 5.39. The zero-order valence-electron chi connectivity index (χ0n) is 17.2. The molecule has 1 amide bonds. The van der Waals surface area contributed by atoms with Crippen molar-refractivity contribution >= 4 is 26.8 Å². The minimum absolute atomic E-state index is 0.0120. The van der Waals surface area contributed by atoms with Gasteiger partial charge in [-0.3, -0.25) is 14.2 Å². The third-order valence-corrected chi connectivity index (χ3v) is 7.18. The molecule has 0 radical (unpaired) electrons. The number of aromatic nitrogens is 4. The van der Waals surface area contributed by atoms with Crippen LogP contribution in [0, 0.1) is 0 Å². The molecule has 11 heteroatoms. The fourth-order valence-electron chi connectivity index (χ4n) is 3.68. The van der Waals surface area contributed by atoms with Crippen LogP contribution < -0.4 is 5.56 Å². The summed E-state index contributed by atoms with van der Waals surface area (Å²) in [6, 6.07) is 7.09. The summed E-state index contributed by atoms with van der Waals surface area (Å²) >= 11 is 0. The number of nitrogens with zero attached hydrogens (tertiary/aromatic N) is 6. The average molecular weight is 445 g/mol. The molecule has 0 spiro atoms. The number of benzene rings is 1. The number of para-hydroxylation sites is 1. The monoisotopic (exact) mass is 444 g/mol. The molecule has 4 rings (SSSR count). The average Bonchev–Trinajstić information content (AvgIpc) is 3.05. The van der Waals surface area contributed by atoms with Crippen LogP contribution in [0.5, 0.6) is 0 Å². The van der Waals surface area contributed by atoms with E-state index in [9.17, 15) is 18.0 Å². The van der Waals surface area contributed by atoms with E-state index >= 15 is 0 Å². The first-order valence-corrected chi connectivity index (χ1v) is 11.5. The van der Waals surface area contributed by atoms with Crippen molar-refractivity contribution in [2.45, 2.75) is 24.4 Å². The number of rotatable bonds is 5. The predicted octanol–water partition coefficient (Wildman–Crippen LogP) is 0.443. The van der Waals surface area contributed by atoms with Crippen LogP contribution in [-0.2, 0) is 28.4 Å². The second kappa shape index (κ2) is 8.60. The summed E-state index contributed by atoms with van der Waals surface area (Å²) < 4.78 is 30.0. The normalized spacial score (nSPS) is 15.8. The number of hydrogen-bond donors (Lipinski definition) is 0. The van der Waals surface area contributed by atoms with Crippen LogP contribution in [0.2, 0.25) is 0 Å². The molecule has 0 bridgehead atoms. The number of amides is 1. The van der Waals surface area contributed by atoms with E-state index in [1.54, 1.807) is 34.7 Å². The number of sulfonamides is 1. The Morgan fingerprint density at radius 2 is 1.87 bits per heavy atom. The highest BCUT2D eigenvalue weighted by Gasteiger charge is 2.29. The van der Waals surface area contributed by atoms with Gasteiger partial charge < -0.3 is 9.47 Å². The van der Waals surface area contributed by atoms with E-state index in [0.29, 0.717) is 37.0 Å². The van der Waals surface area contributed by atoms with Crippen LogP contribution in [0.3, 0.4) is 0 Å². The second-order valence-electron chi connectivity index (χ2n) is 7.53. The lowest BCUT2D eigenvalue weighted by Gasteiger charge is -2.21. The summed E-state index contributed by atoms with van der Waals surface area (Å²) in [4.78, 5) is 35.2. The third kappa shape index (κ3) is 4.37. The van der Waals surface area contributed by atoms with Gasteiger partial charge in [-0.05, 0) is 18.6 Å². The summed E-state index contributed by atoms with van der Waals surface area (Å²) in [6.07, 6.45) is 5.06. The molecule has 3 aromatic rings. The highest BCUT2D eigenvalue weighted by Crippen LogP contribution is 2.16. The first-order chi connectivity index (χ1) is 14.9. The molecule has 1 aliphatic heterocycles. The van der Waals surface area contributed by atoms with Gasteiger partial charge in [-0.25, -0.2) is 18.4 Å². The Bertz CT molecular complexity index is 1270. The molecule has 0 atom stereocenters. The largest absolute Gasteiger partial charge is 0.341 e. The van der Waals surface area contributed by atoms with E-state index in [1.165, 1.54) is 27.7 Å². The summed E-state index contributed by atoms with van der Waals surface area (Å²) in [5, 5.41) is 0.528. The maximum absolute atomic E-state index is 12.8. The van der Waals surface area contributed by atoms with Crippen molar-refractivity contribution in [1.82, 2.24) is 28.3 Å². The van der Waals surface area contributed by atoms with Crippen molar-refractivity contribution in [3.8, 4) is 0 Å². The van der Waals surface area contributed by atoms with Crippen molar-refractivity contribution in [2.75, 3.05) is 26.2 Å². The Kier molecular flexibility index (Phi) is 5.88. The van der Waals surface area contributed by atoms with Crippen molar-refractivity contribution in [2.24, 2.45) is 7.05 Å². The highest BCUT2D eigenvalue weighted by atomic mass is 32.2. The van der Waals surface area contributed by atoms with Crippen molar-refractivity contribution in [3.63, 3.8) is 0 Å². The van der Waals surface area contributed by atoms with Gasteiger partial charge in [0.2, 0.25) is 5.91 Å². The first kappa shape index (κ1) is 21.2. The highest BCUT2D eigenvalue weighted by molar-refractivity contribution is 7.89. The van der Waals surface area contributed by atoms with Crippen LogP contribution >= 0.6 is 0 Å². The van der Waals surface area contributed by atoms with Crippen LogP contribution in [0.15, 0.2) is 52.9 Å². The quantitative estimate of drug-likeness (QED) is 0.565. The molecular weight excluding hydrogens is 420 g/mol. The van der Waals surface area contributed by atoms with Crippen LogP contribution in [0.1, 0.15) is 12.8 Å².